The normalized spacial score (nSPS) is 17.9. The van der Waals surface area contributed by atoms with Gasteiger partial charge >= 0.3 is 0 Å². The minimum atomic E-state index is -3.52. The van der Waals surface area contributed by atoms with E-state index in [0.717, 1.165) is 19.6 Å². The third kappa shape index (κ3) is 4.38. The van der Waals surface area contributed by atoms with Gasteiger partial charge in [-0.3, -0.25) is 4.90 Å². The highest BCUT2D eigenvalue weighted by molar-refractivity contribution is 7.89. The SMILES string of the molecule is O=S(=O)(c1ccc2c(c1)OCCO2)N1CCN(Cc2ccccc2)CC1.[Cl-]. The molecule has 0 amide bonds. The summed E-state index contributed by atoms with van der Waals surface area (Å²) in [4.78, 5) is 2.55. The first-order valence-corrected chi connectivity index (χ1v) is 10.2. The lowest BCUT2D eigenvalue weighted by atomic mass is 10.2. The van der Waals surface area contributed by atoms with Crippen LogP contribution < -0.4 is 21.9 Å². The maximum absolute atomic E-state index is 12.9. The molecule has 0 radical (unpaired) electrons. The highest BCUT2D eigenvalue weighted by Crippen LogP contribution is 2.33. The van der Waals surface area contributed by atoms with Gasteiger partial charge in [-0.2, -0.15) is 4.31 Å². The number of fused-ring (bicyclic) bond motifs is 1. The van der Waals surface area contributed by atoms with Crippen LogP contribution in [-0.2, 0) is 16.6 Å². The fraction of sp³-hybridized carbons (Fsp3) is 0.368. The van der Waals surface area contributed by atoms with Crippen molar-refractivity contribution in [3.8, 4) is 11.5 Å². The predicted molar refractivity (Wildman–Crippen MR) is 97.9 cm³/mol. The molecule has 0 atom stereocenters. The van der Waals surface area contributed by atoms with E-state index >= 15 is 0 Å². The van der Waals surface area contributed by atoms with Crippen LogP contribution in [0.25, 0.3) is 0 Å². The largest absolute Gasteiger partial charge is 1.00 e. The average Bonchev–Trinajstić information content (AvgIpc) is 2.69. The maximum atomic E-state index is 12.9. The second kappa shape index (κ2) is 8.48. The van der Waals surface area contributed by atoms with Gasteiger partial charge in [0.05, 0.1) is 4.90 Å². The number of ether oxygens (including phenoxy) is 2. The van der Waals surface area contributed by atoms with Crippen molar-refractivity contribution in [1.82, 2.24) is 9.21 Å². The van der Waals surface area contributed by atoms with Crippen LogP contribution in [0, 0.1) is 0 Å². The first-order chi connectivity index (χ1) is 12.6. The topological polar surface area (TPSA) is 59.1 Å². The summed E-state index contributed by atoms with van der Waals surface area (Å²) < 4.78 is 38.4. The van der Waals surface area contributed by atoms with Crippen LogP contribution in [0.1, 0.15) is 5.56 Å². The van der Waals surface area contributed by atoms with Gasteiger partial charge in [-0.1, -0.05) is 30.3 Å². The minimum absolute atomic E-state index is 0. The van der Waals surface area contributed by atoms with Crippen LogP contribution in [0.4, 0.5) is 0 Å². The summed E-state index contributed by atoms with van der Waals surface area (Å²) in [7, 11) is -3.52. The predicted octanol–water partition coefficient (Wildman–Crippen LogP) is -1.03. The molecule has 146 valence electrons. The van der Waals surface area contributed by atoms with Crippen LogP contribution >= 0.6 is 0 Å². The van der Waals surface area contributed by atoms with Gasteiger partial charge in [-0.05, 0) is 17.7 Å². The quantitative estimate of drug-likeness (QED) is 0.646. The Morgan fingerprint density at radius 2 is 1.52 bits per heavy atom. The Labute approximate surface area is 166 Å². The summed E-state index contributed by atoms with van der Waals surface area (Å²) >= 11 is 0. The van der Waals surface area contributed by atoms with E-state index in [1.54, 1.807) is 22.5 Å². The van der Waals surface area contributed by atoms with E-state index in [9.17, 15) is 8.42 Å². The van der Waals surface area contributed by atoms with Crippen molar-refractivity contribution < 1.29 is 30.3 Å². The molecule has 2 heterocycles. The molecule has 0 saturated carbocycles. The minimum Gasteiger partial charge on any atom is -1.00 e. The number of halogens is 1. The van der Waals surface area contributed by atoms with Gasteiger partial charge in [-0.25, -0.2) is 8.42 Å². The molecule has 1 saturated heterocycles. The maximum Gasteiger partial charge on any atom is 0.243 e. The van der Waals surface area contributed by atoms with Gasteiger partial charge in [0.25, 0.3) is 0 Å². The molecule has 0 unspecified atom stereocenters. The van der Waals surface area contributed by atoms with Crippen LogP contribution in [0.15, 0.2) is 53.4 Å². The number of rotatable bonds is 4. The number of nitrogens with zero attached hydrogens (tertiary/aromatic N) is 2. The van der Waals surface area contributed by atoms with Crippen molar-refractivity contribution in [2.45, 2.75) is 11.4 Å². The Morgan fingerprint density at radius 3 is 2.22 bits per heavy atom. The molecule has 4 rings (SSSR count). The van der Waals surface area contributed by atoms with Crippen molar-refractivity contribution >= 4 is 10.0 Å². The Bertz CT molecular complexity index is 869. The Morgan fingerprint density at radius 1 is 0.852 bits per heavy atom. The van der Waals surface area contributed by atoms with Gasteiger partial charge in [0, 0.05) is 38.8 Å². The number of sulfonamides is 1. The van der Waals surface area contributed by atoms with Crippen molar-refractivity contribution in [2.75, 3.05) is 39.4 Å². The first kappa shape index (κ1) is 19.9. The summed E-state index contributed by atoms with van der Waals surface area (Å²) in [6.45, 7) is 4.19. The fourth-order valence-corrected chi connectivity index (χ4v) is 4.74. The smallest absolute Gasteiger partial charge is 0.243 e. The molecule has 2 aliphatic heterocycles. The van der Waals surface area contributed by atoms with E-state index in [2.05, 4.69) is 17.0 Å². The number of benzene rings is 2. The van der Waals surface area contributed by atoms with E-state index in [4.69, 9.17) is 9.47 Å². The molecule has 0 spiro atoms. The lowest BCUT2D eigenvalue weighted by Gasteiger charge is -2.34. The molecule has 2 aromatic carbocycles. The second-order valence-corrected chi connectivity index (χ2v) is 8.41. The Kier molecular flexibility index (Phi) is 6.26. The van der Waals surface area contributed by atoms with Crippen molar-refractivity contribution in [3.05, 3.63) is 54.1 Å². The molecule has 8 heteroatoms. The summed E-state index contributed by atoms with van der Waals surface area (Å²) in [6.07, 6.45) is 0. The summed E-state index contributed by atoms with van der Waals surface area (Å²) in [5, 5.41) is 0. The lowest BCUT2D eigenvalue weighted by molar-refractivity contribution is -0.00000847. The molecule has 0 aromatic heterocycles. The van der Waals surface area contributed by atoms with Crippen LogP contribution in [0.2, 0.25) is 0 Å². The van der Waals surface area contributed by atoms with Gasteiger partial charge in [0.2, 0.25) is 10.0 Å². The zero-order chi connectivity index (χ0) is 18.0. The average molecular weight is 410 g/mol. The first-order valence-electron chi connectivity index (χ1n) is 8.79. The van der Waals surface area contributed by atoms with Crippen molar-refractivity contribution in [1.29, 1.82) is 0 Å². The second-order valence-electron chi connectivity index (χ2n) is 6.47. The molecule has 2 aliphatic rings. The van der Waals surface area contributed by atoms with Crippen molar-refractivity contribution in [3.63, 3.8) is 0 Å². The van der Waals surface area contributed by atoms with Crippen LogP contribution in [-0.4, -0.2) is 57.0 Å². The molecule has 0 bridgehead atoms. The zero-order valence-electron chi connectivity index (χ0n) is 14.9. The van der Waals surface area contributed by atoms with E-state index in [1.165, 1.54) is 5.56 Å². The third-order valence-electron chi connectivity index (χ3n) is 4.73. The Balaban J connectivity index is 0.00000210. The standard InChI is InChI=1S/C19H22N2O4S.ClH/c22-26(23,17-6-7-18-19(14-17)25-13-12-24-18)21-10-8-20(9-11-21)15-16-4-2-1-3-5-16;/h1-7,14H,8-13,15H2;1H/p-1. The third-order valence-corrected chi connectivity index (χ3v) is 6.63. The van der Waals surface area contributed by atoms with Crippen molar-refractivity contribution in [2.24, 2.45) is 0 Å². The highest BCUT2D eigenvalue weighted by Gasteiger charge is 2.29. The van der Waals surface area contributed by atoms with Crippen LogP contribution in [0.3, 0.4) is 0 Å². The molecule has 27 heavy (non-hydrogen) atoms. The molecular weight excluding hydrogens is 388 g/mol. The van der Waals surface area contributed by atoms with Gasteiger partial charge in [0.1, 0.15) is 13.2 Å². The Hall–Kier alpha value is -1.80. The summed E-state index contributed by atoms with van der Waals surface area (Å²) in [6, 6.07) is 15.1. The van der Waals surface area contributed by atoms with E-state index < -0.39 is 10.0 Å². The molecule has 1 fully saturated rings. The molecule has 0 aliphatic carbocycles. The van der Waals surface area contributed by atoms with Gasteiger partial charge in [0.15, 0.2) is 11.5 Å². The van der Waals surface area contributed by atoms with E-state index in [1.807, 2.05) is 18.2 Å². The van der Waals surface area contributed by atoms with Gasteiger partial charge in [-0.15, -0.1) is 0 Å². The molecule has 2 aromatic rings. The highest BCUT2D eigenvalue weighted by atomic mass is 35.5. The van der Waals surface area contributed by atoms with E-state index in [-0.39, 0.29) is 17.3 Å². The molecule has 0 N–H and O–H groups in total. The van der Waals surface area contributed by atoms with Crippen LogP contribution in [0.5, 0.6) is 11.5 Å². The lowest BCUT2D eigenvalue weighted by Crippen LogP contribution is -3.00. The van der Waals surface area contributed by atoms with E-state index in [0.29, 0.717) is 37.8 Å². The molecule has 6 nitrogen and oxygen atoms in total. The number of piperazine rings is 1. The monoisotopic (exact) mass is 409 g/mol. The summed E-state index contributed by atoms with van der Waals surface area (Å²) in [5.41, 5.74) is 1.25. The number of hydrogen-bond donors (Lipinski definition) is 0. The summed E-state index contributed by atoms with van der Waals surface area (Å²) in [5.74, 6) is 1.10. The number of hydrogen-bond acceptors (Lipinski definition) is 5. The molecular formula is C19H22ClN2O4S-. The zero-order valence-corrected chi connectivity index (χ0v) is 16.5. The van der Waals surface area contributed by atoms with Gasteiger partial charge < -0.3 is 21.9 Å². The fourth-order valence-electron chi connectivity index (χ4n) is 3.30.